The Kier molecular flexibility index (Phi) is 11.5. The van der Waals surface area contributed by atoms with Gasteiger partial charge < -0.3 is 25.6 Å². The minimum Gasteiger partial charge on any atom is -0.444 e. The number of fused-ring (bicyclic) bond motifs is 2. The van der Waals surface area contributed by atoms with Crippen molar-refractivity contribution in [3.63, 3.8) is 0 Å². The van der Waals surface area contributed by atoms with Gasteiger partial charge in [-0.05, 0) is 109 Å². The minimum absolute atomic E-state index is 0.199. The van der Waals surface area contributed by atoms with E-state index in [0.29, 0.717) is 50.5 Å². The molecule has 2 aromatic carbocycles. The molecule has 304 valence electrons. The molecule has 5 N–H and O–H groups in total. The topological polar surface area (TPSA) is 194 Å². The molecule has 57 heavy (non-hydrogen) atoms. The maximum Gasteiger partial charge on any atom is 0.410 e. The zero-order valence-electron chi connectivity index (χ0n) is 33.4. The first-order valence-corrected chi connectivity index (χ1v) is 20.0. The molecule has 6 heterocycles. The number of ether oxygens (including phenoxy) is 1. The lowest BCUT2D eigenvalue weighted by molar-refractivity contribution is -0.135. The number of likely N-dealkylation sites (tertiary alicyclic amines) is 1. The summed E-state index contributed by atoms with van der Waals surface area (Å²) in [6.45, 7) is 9.02. The molecule has 4 fully saturated rings. The van der Waals surface area contributed by atoms with Gasteiger partial charge in [-0.15, -0.1) is 0 Å². The van der Waals surface area contributed by atoms with E-state index in [2.05, 4.69) is 48.9 Å². The number of benzene rings is 2. The number of imide groups is 2. The van der Waals surface area contributed by atoms with Gasteiger partial charge in [-0.3, -0.25) is 39.2 Å². The zero-order chi connectivity index (χ0) is 40.4. The summed E-state index contributed by atoms with van der Waals surface area (Å²) in [7, 11) is 3.76. The number of aromatic nitrogens is 4. The maximum atomic E-state index is 12.3. The molecule has 2 atom stereocenters. The predicted octanol–water partition coefficient (Wildman–Crippen LogP) is 4.16. The lowest BCUT2D eigenvalue weighted by atomic mass is 9.93. The van der Waals surface area contributed by atoms with Crippen LogP contribution in [0.15, 0.2) is 36.4 Å². The second-order valence-corrected chi connectivity index (χ2v) is 16.5. The zero-order valence-corrected chi connectivity index (χ0v) is 33.4. The quantitative estimate of drug-likeness (QED) is 0.176. The summed E-state index contributed by atoms with van der Waals surface area (Å²) in [4.78, 5) is 61.4. The number of hydrogen-bond donors (Lipinski definition) is 5. The number of carbonyl (C=O) groups is 5. The molecule has 5 amide bonds. The van der Waals surface area contributed by atoms with Gasteiger partial charge in [0.05, 0.1) is 34.3 Å². The number of nitrogens with one attached hydrogen (secondary N) is 5. The number of rotatable bonds is 6. The highest BCUT2D eigenvalue weighted by molar-refractivity contribution is 6.03. The molecule has 0 aliphatic carbocycles. The van der Waals surface area contributed by atoms with Crippen molar-refractivity contribution < 1.29 is 28.7 Å². The first-order valence-electron chi connectivity index (χ1n) is 20.0. The van der Waals surface area contributed by atoms with Gasteiger partial charge in [0.15, 0.2) is 0 Å². The van der Waals surface area contributed by atoms with Crippen LogP contribution in [0.4, 0.5) is 16.2 Å². The second kappa shape index (κ2) is 16.5. The predicted molar refractivity (Wildman–Crippen MR) is 216 cm³/mol. The highest BCUT2D eigenvalue weighted by atomic mass is 16.6. The van der Waals surface area contributed by atoms with Crippen LogP contribution < -0.4 is 26.6 Å². The van der Waals surface area contributed by atoms with Gasteiger partial charge in [0.1, 0.15) is 5.60 Å². The fourth-order valence-corrected chi connectivity index (χ4v) is 8.14. The summed E-state index contributed by atoms with van der Waals surface area (Å²) < 4.78 is 9.07. The van der Waals surface area contributed by atoms with Gasteiger partial charge in [-0.2, -0.15) is 10.2 Å². The summed E-state index contributed by atoms with van der Waals surface area (Å²) in [6, 6.07) is 13.0. The van der Waals surface area contributed by atoms with Crippen molar-refractivity contribution in [1.29, 1.82) is 0 Å². The first-order chi connectivity index (χ1) is 27.2. The Hall–Kier alpha value is -5.51. The molecule has 4 aromatic rings. The Morgan fingerprint density at radius 1 is 0.702 bits per heavy atom. The summed E-state index contributed by atoms with van der Waals surface area (Å²) in [5, 5.41) is 26.5. The summed E-state index contributed by atoms with van der Waals surface area (Å²) >= 11 is 0. The summed E-state index contributed by atoms with van der Waals surface area (Å²) in [5.41, 5.74) is 4.97. The van der Waals surface area contributed by atoms with Gasteiger partial charge >= 0.3 is 6.09 Å². The average molecular weight is 783 g/mol. The fourth-order valence-electron chi connectivity index (χ4n) is 8.14. The third-order valence-corrected chi connectivity index (χ3v) is 11.1. The van der Waals surface area contributed by atoms with E-state index in [1.165, 1.54) is 0 Å². The van der Waals surface area contributed by atoms with Crippen molar-refractivity contribution in [1.82, 2.24) is 40.4 Å². The number of amides is 5. The fraction of sp³-hybridized carbons (Fsp3) is 0.537. The van der Waals surface area contributed by atoms with E-state index in [1.54, 1.807) is 9.58 Å². The molecule has 0 saturated carbocycles. The SMILES string of the molecule is Cn1nc(C2CCC(=O)NC2=O)c2ccc(NC3CCN(C(=O)OC(C)(C)C)CC3)cc21.Cn1nc(C2CCC(=O)NC2=O)c2ccc(NC3CCNCC3)cc21. The molecule has 0 radical (unpaired) electrons. The van der Waals surface area contributed by atoms with Crippen LogP contribution in [0.1, 0.15) is 95.4 Å². The highest BCUT2D eigenvalue weighted by Gasteiger charge is 2.33. The average Bonchev–Trinajstić information content (AvgIpc) is 3.66. The minimum atomic E-state index is -0.489. The molecule has 2 aromatic heterocycles. The van der Waals surface area contributed by atoms with Crippen LogP contribution in [0.3, 0.4) is 0 Å². The van der Waals surface area contributed by atoms with Crippen LogP contribution in [0.5, 0.6) is 0 Å². The van der Waals surface area contributed by atoms with E-state index in [9.17, 15) is 24.0 Å². The van der Waals surface area contributed by atoms with E-state index in [4.69, 9.17) is 4.74 Å². The van der Waals surface area contributed by atoms with Crippen LogP contribution in [-0.2, 0) is 38.0 Å². The van der Waals surface area contributed by atoms with Crippen molar-refractivity contribution >= 4 is 62.9 Å². The summed E-state index contributed by atoms with van der Waals surface area (Å²) in [5.74, 6) is -1.71. The molecular weight excluding hydrogens is 729 g/mol. The Morgan fingerprint density at radius 3 is 1.60 bits per heavy atom. The van der Waals surface area contributed by atoms with Crippen molar-refractivity contribution in [2.45, 2.75) is 102 Å². The smallest absolute Gasteiger partial charge is 0.410 e. The molecule has 8 rings (SSSR count). The van der Waals surface area contributed by atoms with E-state index in [0.717, 1.165) is 77.6 Å². The molecule has 16 heteroatoms. The Morgan fingerprint density at radius 2 is 1.16 bits per heavy atom. The standard InChI is InChI=1S/C23H31N5O4.C18H23N5O2/c1-23(2,3)32-22(31)28-11-9-14(10-12-28)24-15-5-6-16-18(13-15)27(4)26-20(16)17-7-8-19(29)25-21(17)30;1-23-15-10-12(20-11-6-8-19-9-7-11)2-3-13(15)17(22-23)14-4-5-16(24)21-18(14)25/h5-6,13-14,17,24H,7-12H2,1-4H3,(H,25,29,30);2-3,10-11,14,19-20H,4-9H2,1H3,(H,21,24,25). The van der Waals surface area contributed by atoms with Crippen molar-refractivity contribution in [2.24, 2.45) is 14.1 Å². The summed E-state index contributed by atoms with van der Waals surface area (Å²) in [6.07, 6.45) is 5.34. The van der Waals surface area contributed by atoms with E-state index in [1.807, 2.05) is 63.8 Å². The Bertz CT molecular complexity index is 2170. The van der Waals surface area contributed by atoms with E-state index < -0.39 is 11.5 Å². The number of aryl methyl sites for hydroxylation is 2. The molecule has 4 aliphatic heterocycles. The van der Waals surface area contributed by atoms with Gasteiger partial charge in [0, 0.05) is 74.3 Å². The first kappa shape index (κ1) is 39.7. The van der Waals surface area contributed by atoms with Gasteiger partial charge in [0.2, 0.25) is 23.6 Å². The van der Waals surface area contributed by atoms with Crippen LogP contribution in [0.25, 0.3) is 21.8 Å². The lowest BCUT2D eigenvalue weighted by Gasteiger charge is -2.34. The van der Waals surface area contributed by atoms with Crippen LogP contribution in [-0.4, -0.2) is 98.0 Å². The number of carbonyl (C=O) groups excluding carboxylic acids is 5. The van der Waals surface area contributed by atoms with Crippen molar-refractivity contribution in [3.05, 3.63) is 47.8 Å². The third kappa shape index (κ3) is 9.22. The normalized spacial score (nSPS) is 21.2. The van der Waals surface area contributed by atoms with Crippen molar-refractivity contribution in [3.8, 4) is 0 Å². The molecule has 16 nitrogen and oxygen atoms in total. The molecule has 0 bridgehead atoms. The highest BCUT2D eigenvalue weighted by Crippen LogP contribution is 2.33. The number of anilines is 2. The number of hydrogen-bond acceptors (Lipinski definition) is 11. The Balaban J connectivity index is 0.000000179. The van der Waals surface area contributed by atoms with Gasteiger partial charge in [0.25, 0.3) is 0 Å². The molecule has 0 spiro atoms. The molecule has 4 aliphatic rings. The third-order valence-electron chi connectivity index (χ3n) is 11.1. The number of nitrogens with zero attached hydrogens (tertiary/aromatic N) is 5. The van der Waals surface area contributed by atoms with E-state index in [-0.39, 0.29) is 41.7 Å². The monoisotopic (exact) mass is 782 g/mol. The number of piperidine rings is 4. The maximum absolute atomic E-state index is 12.3. The second-order valence-electron chi connectivity index (χ2n) is 16.5. The molecular formula is C41H54N10O6. The molecule has 2 unspecified atom stereocenters. The van der Waals surface area contributed by atoms with Gasteiger partial charge in [-0.25, -0.2) is 4.79 Å². The van der Waals surface area contributed by atoms with Crippen LogP contribution in [0, 0.1) is 0 Å². The van der Waals surface area contributed by atoms with Crippen molar-refractivity contribution in [2.75, 3.05) is 36.8 Å². The van der Waals surface area contributed by atoms with Crippen LogP contribution >= 0.6 is 0 Å². The van der Waals surface area contributed by atoms with E-state index >= 15 is 0 Å². The largest absolute Gasteiger partial charge is 0.444 e. The Labute approximate surface area is 331 Å². The lowest BCUT2D eigenvalue weighted by Crippen LogP contribution is -2.44. The molecule has 4 saturated heterocycles. The van der Waals surface area contributed by atoms with Gasteiger partial charge in [-0.1, -0.05) is 0 Å². The van der Waals surface area contributed by atoms with Crippen LogP contribution in [0.2, 0.25) is 0 Å².